The molecule has 1 atom stereocenters. The van der Waals surface area contributed by atoms with E-state index in [0.29, 0.717) is 36.9 Å². The molecule has 1 amide bonds. The van der Waals surface area contributed by atoms with Gasteiger partial charge in [-0.1, -0.05) is 23.4 Å². The molecule has 5 rings (SSSR count). The number of likely N-dealkylation sites (tertiary alicyclic amines) is 1. The third-order valence-electron chi connectivity index (χ3n) is 6.32. The molecule has 0 aliphatic carbocycles. The maximum absolute atomic E-state index is 12.4. The summed E-state index contributed by atoms with van der Waals surface area (Å²) >= 11 is 0. The van der Waals surface area contributed by atoms with Crippen molar-refractivity contribution in [2.75, 3.05) is 33.7 Å². The standard InChI is InChI=1S/C24H26N8O3/c1-26-19-13-27-12-16(19)21(25)30-23-28-8-6-17(29-23)14-4-3-5-15(10-14)18-11-20(35-31-18)24(34)7-9-32(2)22(24)33/h3-6,8,10-11,26-27,34H,7,9,12-13H2,1-2H3,(H2,25,28,29,30)/t24-/m1/s1. The second-order valence-electron chi connectivity index (χ2n) is 8.54. The average molecular weight is 475 g/mol. The molecule has 2 aliphatic rings. The van der Waals surface area contributed by atoms with E-state index >= 15 is 0 Å². The van der Waals surface area contributed by atoms with E-state index in [1.807, 2.05) is 31.3 Å². The van der Waals surface area contributed by atoms with E-state index in [0.717, 1.165) is 22.4 Å². The van der Waals surface area contributed by atoms with Gasteiger partial charge in [0.25, 0.3) is 11.9 Å². The Morgan fingerprint density at radius 2 is 2.06 bits per heavy atom. The van der Waals surface area contributed by atoms with Gasteiger partial charge in [-0.25, -0.2) is 9.97 Å². The Bertz CT molecular complexity index is 1350. The van der Waals surface area contributed by atoms with Gasteiger partial charge in [0.2, 0.25) is 5.60 Å². The van der Waals surface area contributed by atoms with Gasteiger partial charge < -0.3 is 30.9 Å². The van der Waals surface area contributed by atoms with Gasteiger partial charge in [0.05, 0.1) is 5.69 Å². The summed E-state index contributed by atoms with van der Waals surface area (Å²) in [6, 6.07) is 10.9. The molecular formula is C24H26N8O3. The molecule has 0 saturated carbocycles. The summed E-state index contributed by atoms with van der Waals surface area (Å²) < 4.78 is 5.38. The van der Waals surface area contributed by atoms with Crippen molar-refractivity contribution < 1.29 is 14.4 Å². The SMILES string of the molecule is CNC1=C(/C(N)=N\c2nccc(-c3cccc(-c4cc([C@]5(O)CCN(C)C5=O)on4)c3)n2)CNC1. The zero-order valence-corrected chi connectivity index (χ0v) is 19.4. The lowest BCUT2D eigenvalue weighted by atomic mass is 9.98. The van der Waals surface area contributed by atoms with Gasteiger partial charge in [-0.2, -0.15) is 4.99 Å². The molecule has 11 nitrogen and oxygen atoms in total. The highest BCUT2D eigenvalue weighted by molar-refractivity contribution is 5.99. The number of benzene rings is 1. The minimum atomic E-state index is -1.69. The molecule has 0 spiro atoms. The number of rotatable bonds is 6. The Labute approximate surface area is 201 Å². The van der Waals surface area contributed by atoms with Crippen LogP contribution in [0.2, 0.25) is 0 Å². The number of amides is 1. The molecule has 180 valence electrons. The van der Waals surface area contributed by atoms with Gasteiger partial charge in [-0.15, -0.1) is 0 Å². The molecule has 11 heteroatoms. The third kappa shape index (κ3) is 4.15. The minimum absolute atomic E-state index is 0.137. The van der Waals surface area contributed by atoms with Crippen LogP contribution in [0.1, 0.15) is 12.2 Å². The van der Waals surface area contributed by atoms with Crippen LogP contribution in [-0.4, -0.2) is 70.6 Å². The summed E-state index contributed by atoms with van der Waals surface area (Å²) in [6.07, 6.45) is 1.89. The highest BCUT2D eigenvalue weighted by Gasteiger charge is 2.48. The number of nitrogens with one attached hydrogen (secondary N) is 2. The van der Waals surface area contributed by atoms with Crippen molar-refractivity contribution in [3.8, 4) is 22.5 Å². The number of likely N-dealkylation sites (N-methyl/N-ethyl adjacent to an activating group) is 2. The summed E-state index contributed by atoms with van der Waals surface area (Å²) in [5.41, 5.74) is 9.17. The topological polar surface area (TPSA) is 155 Å². The van der Waals surface area contributed by atoms with Crippen molar-refractivity contribution in [3.05, 3.63) is 59.6 Å². The zero-order valence-electron chi connectivity index (χ0n) is 19.4. The molecule has 0 radical (unpaired) electrons. The van der Waals surface area contributed by atoms with Crippen molar-refractivity contribution in [1.29, 1.82) is 0 Å². The number of nitrogens with two attached hydrogens (primary N) is 1. The molecular weight excluding hydrogens is 448 g/mol. The molecule has 0 unspecified atom stereocenters. The molecule has 2 aliphatic heterocycles. The lowest BCUT2D eigenvalue weighted by Gasteiger charge is -2.16. The van der Waals surface area contributed by atoms with Gasteiger partial charge in [0, 0.05) is 74.8 Å². The van der Waals surface area contributed by atoms with Gasteiger partial charge >= 0.3 is 0 Å². The number of aromatic nitrogens is 3. The molecule has 1 fully saturated rings. The van der Waals surface area contributed by atoms with Gasteiger partial charge in [0.1, 0.15) is 11.5 Å². The second kappa shape index (κ2) is 8.93. The van der Waals surface area contributed by atoms with E-state index in [-0.39, 0.29) is 18.1 Å². The van der Waals surface area contributed by atoms with Crippen LogP contribution in [0.3, 0.4) is 0 Å². The Hall–Kier alpha value is -4.09. The number of aliphatic hydroxyl groups is 1. The number of hydrogen-bond acceptors (Lipinski definition) is 9. The Balaban J connectivity index is 1.42. The second-order valence-corrected chi connectivity index (χ2v) is 8.54. The van der Waals surface area contributed by atoms with Crippen molar-refractivity contribution in [2.45, 2.75) is 12.0 Å². The maximum atomic E-state index is 12.4. The predicted octanol–water partition coefficient (Wildman–Crippen LogP) is 0.914. The predicted molar refractivity (Wildman–Crippen MR) is 129 cm³/mol. The third-order valence-corrected chi connectivity index (χ3v) is 6.32. The van der Waals surface area contributed by atoms with Crippen LogP contribution in [0.5, 0.6) is 0 Å². The van der Waals surface area contributed by atoms with Crippen LogP contribution in [0.15, 0.2) is 63.4 Å². The van der Waals surface area contributed by atoms with Crippen molar-refractivity contribution in [1.82, 2.24) is 30.7 Å². The number of amidine groups is 1. The number of carbonyl (C=O) groups is 1. The highest BCUT2D eigenvalue weighted by Crippen LogP contribution is 2.35. The maximum Gasteiger partial charge on any atom is 0.262 e. The largest absolute Gasteiger partial charge is 0.390 e. The van der Waals surface area contributed by atoms with Crippen molar-refractivity contribution in [2.24, 2.45) is 10.7 Å². The Morgan fingerprint density at radius 3 is 2.80 bits per heavy atom. The summed E-state index contributed by atoms with van der Waals surface area (Å²) in [7, 11) is 3.50. The Kier molecular flexibility index (Phi) is 5.79. The number of nitrogens with zero attached hydrogens (tertiary/aromatic N) is 5. The monoisotopic (exact) mass is 474 g/mol. The lowest BCUT2D eigenvalue weighted by Crippen LogP contribution is -2.35. The Morgan fingerprint density at radius 1 is 1.26 bits per heavy atom. The molecule has 1 saturated heterocycles. The lowest BCUT2D eigenvalue weighted by molar-refractivity contribution is -0.144. The van der Waals surface area contributed by atoms with Crippen molar-refractivity contribution >= 4 is 17.7 Å². The molecule has 2 aromatic heterocycles. The zero-order chi connectivity index (χ0) is 24.6. The number of aliphatic imine (C=N–C) groups is 1. The van der Waals surface area contributed by atoms with Crippen LogP contribution < -0.4 is 16.4 Å². The summed E-state index contributed by atoms with van der Waals surface area (Å²) in [5, 5.41) is 21.3. The fourth-order valence-corrected chi connectivity index (χ4v) is 4.27. The smallest absolute Gasteiger partial charge is 0.262 e. The van der Waals surface area contributed by atoms with E-state index in [4.69, 9.17) is 10.3 Å². The van der Waals surface area contributed by atoms with Crippen LogP contribution in [0.4, 0.5) is 5.95 Å². The highest BCUT2D eigenvalue weighted by atomic mass is 16.5. The number of hydrogen-bond donors (Lipinski definition) is 4. The van der Waals surface area contributed by atoms with Crippen LogP contribution in [0.25, 0.3) is 22.5 Å². The first-order valence-electron chi connectivity index (χ1n) is 11.2. The van der Waals surface area contributed by atoms with E-state index in [1.54, 1.807) is 25.4 Å². The average Bonchev–Trinajstić information content (AvgIpc) is 3.62. The van der Waals surface area contributed by atoms with Crippen LogP contribution in [0, 0.1) is 0 Å². The first-order chi connectivity index (χ1) is 16.9. The summed E-state index contributed by atoms with van der Waals surface area (Å²) in [4.78, 5) is 27.1. The molecule has 0 bridgehead atoms. The van der Waals surface area contributed by atoms with E-state index < -0.39 is 11.5 Å². The van der Waals surface area contributed by atoms with Crippen LogP contribution >= 0.6 is 0 Å². The minimum Gasteiger partial charge on any atom is -0.390 e. The molecule has 35 heavy (non-hydrogen) atoms. The van der Waals surface area contributed by atoms with E-state index in [1.165, 1.54) is 4.90 Å². The van der Waals surface area contributed by atoms with Gasteiger partial charge in [0.15, 0.2) is 5.76 Å². The molecule has 1 aromatic carbocycles. The quantitative estimate of drug-likeness (QED) is 0.301. The fraction of sp³-hybridized carbons (Fsp3) is 0.292. The summed E-state index contributed by atoms with van der Waals surface area (Å²) in [5.74, 6) is 0.367. The summed E-state index contributed by atoms with van der Waals surface area (Å²) in [6.45, 7) is 1.79. The first kappa shape index (κ1) is 22.7. The van der Waals surface area contributed by atoms with Gasteiger partial charge in [-0.05, 0) is 12.1 Å². The normalized spacial score (nSPS) is 20.7. The number of carbonyl (C=O) groups excluding carboxylic acids is 1. The van der Waals surface area contributed by atoms with E-state index in [9.17, 15) is 9.90 Å². The molecule has 5 N–H and O–H groups in total. The van der Waals surface area contributed by atoms with Gasteiger partial charge in [-0.3, -0.25) is 4.79 Å². The first-order valence-corrected chi connectivity index (χ1v) is 11.2. The molecule has 4 heterocycles. The van der Waals surface area contributed by atoms with Crippen molar-refractivity contribution in [3.63, 3.8) is 0 Å². The van der Waals surface area contributed by atoms with Crippen LogP contribution in [-0.2, 0) is 10.4 Å². The van der Waals surface area contributed by atoms with E-state index in [2.05, 4.69) is 30.8 Å². The fourth-order valence-electron chi connectivity index (χ4n) is 4.27. The molecule has 3 aromatic rings.